The molecule has 0 unspecified atom stereocenters. The van der Waals surface area contributed by atoms with Crippen LogP contribution < -0.4 is 48.3 Å². The van der Waals surface area contributed by atoms with Gasteiger partial charge in [0.15, 0.2) is 0 Å². The quantitative estimate of drug-likeness (QED) is 0.0387. The molecule has 24 nitrogen and oxygen atoms in total. The minimum absolute atomic E-state index is 0.285. The van der Waals surface area contributed by atoms with Gasteiger partial charge in [-0.25, -0.2) is 4.79 Å². The first-order valence-corrected chi connectivity index (χ1v) is 20.5. The number of ether oxygens (including phenoxy) is 4. The Labute approximate surface area is 374 Å². The normalized spacial score (nSPS) is 13.7. The van der Waals surface area contributed by atoms with Crippen LogP contribution in [0.25, 0.3) is 0 Å². The van der Waals surface area contributed by atoms with E-state index in [1.807, 2.05) is 0 Å². The van der Waals surface area contributed by atoms with Crippen LogP contribution in [0.15, 0.2) is 0 Å². The van der Waals surface area contributed by atoms with Crippen LogP contribution in [0.4, 0.5) is 0 Å². The van der Waals surface area contributed by atoms with Crippen LogP contribution in [-0.2, 0) is 66.9 Å². The molecule has 11 N–H and O–H groups in total. The first-order valence-electron chi connectivity index (χ1n) is 20.5. The highest BCUT2D eigenvalue weighted by Crippen LogP contribution is 2.12. The van der Waals surface area contributed by atoms with E-state index in [4.69, 9.17) is 29.8 Å². The molecule has 0 rings (SSSR count). The molecule has 4 atom stereocenters. The van der Waals surface area contributed by atoms with Crippen LogP contribution in [0.1, 0.15) is 95.9 Å². The molecule has 8 amide bonds. The summed E-state index contributed by atoms with van der Waals surface area (Å²) in [5, 5.41) is 28.1. The van der Waals surface area contributed by atoms with Crippen molar-refractivity contribution < 1.29 is 72.0 Å². The van der Waals surface area contributed by atoms with Crippen molar-refractivity contribution in [2.45, 2.75) is 142 Å². The highest BCUT2D eigenvalue weighted by molar-refractivity contribution is 5.95. The molecule has 0 aromatic heterocycles. The number of nitrogens with one attached hydrogen (secondary N) is 8. The fraction of sp³-hybridized carbons (Fsp3) is 0.750. The van der Waals surface area contributed by atoms with E-state index in [-0.39, 0.29) is 32.8 Å². The molecule has 0 aliphatic carbocycles. The zero-order valence-electron chi connectivity index (χ0n) is 39.1. The Bertz CT molecular complexity index is 1630. The lowest BCUT2D eigenvalue weighted by Crippen LogP contribution is -2.57. The standard InChI is InChI=1S/C40H71N9O15/c1-37(2,3)61-20-24(47-28(51)16-42-27(50)15-41)33(57)44-18-30(53)49-26(22-63-39(7,8)9)35(59)45-19-31(54)48-25(21-62-38(4,5)6)34(58)43-17-29(52)46-23(13-14-32(55)56)36(60)64-40(10,11)12/h23-26H,13-22,41H2,1-12H3,(H,42,50)(H,43,58)(H,44,57)(H,45,59)(H,46,52)(H,47,51)(H,48,54)(H,49,53)(H,55,56)/t23-,24-,25-,26-/m0/s1. The second kappa shape index (κ2) is 27.0. The van der Waals surface area contributed by atoms with Gasteiger partial charge in [-0.3, -0.25) is 43.2 Å². The Morgan fingerprint density at radius 1 is 0.453 bits per heavy atom. The van der Waals surface area contributed by atoms with E-state index in [2.05, 4.69) is 42.5 Å². The average Bonchev–Trinajstić information content (AvgIpc) is 3.15. The van der Waals surface area contributed by atoms with Crippen molar-refractivity contribution >= 4 is 59.2 Å². The highest BCUT2D eigenvalue weighted by atomic mass is 16.6. The van der Waals surface area contributed by atoms with Gasteiger partial charge in [0, 0.05) is 6.42 Å². The molecule has 0 aliphatic rings. The van der Waals surface area contributed by atoms with Crippen molar-refractivity contribution in [1.29, 1.82) is 0 Å². The van der Waals surface area contributed by atoms with Gasteiger partial charge in [-0.15, -0.1) is 0 Å². The maximum atomic E-state index is 13.3. The van der Waals surface area contributed by atoms with E-state index >= 15 is 0 Å². The summed E-state index contributed by atoms with van der Waals surface area (Å²) in [7, 11) is 0. The minimum atomic E-state index is -1.40. The number of carboxylic acids is 1. The van der Waals surface area contributed by atoms with E-state index < -0.39 is 138 Å². The van der Waals surface area contributed by atoms with Crippen LogP contribution in [0.3, 0.4) is 0 Å². The Hall–Kier alpha value is -5.46. The number of carboxylic acid groups (broad SMARTS) is 1. The number of hydrogen-bond donors (Lipinski definition) is 10. The van der Waals surface area contributed by atoms with E-state index in [9.17, 15) is 47.9 Å². The summed E-state index contributed by atoms with van der Waals surface area (Å²) in [5.74, 6) is -8.60. The first kappa shape index (κ1) is 58.5. The maximum absolute atomic E-state index is 13.3. The summed E-state index contributed by atoms with van der Waals surface area (Å²) < 4.78 is 22.3. The molecule has 24 heteroatoms. The lowest BCUT2D eigenvalue weighted by molar-refractivity contribution is -0.159. The number of aliphatic carboxylic acids is 1. The third-order valence-electron chi connectivity index (χ3n) is 7.58. The number of hydrogen-bond acceptors (Lipinski definition) is 15. The van der Waals surface area contributed by atoms with Crippen molar-refractivity contribution in [1.82, 2.24) is 42.5 Å². The second-order valence-electron chi connectivity index (χ2n) is 18.4. The molecule has 0 spiro atoms. The first-order chi connectivity index (χ1) is 29.2. The largest absolute Gasteiger partial charge is 0.481 e. The molecule has 0 aliphatic heterocycles. The summed E-state index contributed by atoms with van der Waals surface area (Å²) in [5.41, 5.74) is 2.02. The van der Waals surface area contributed by atoms with E-state index in [0.29, 0.717) is 0 Å². The predicted molar refractivity (Wildman–Crippen MR) is 229 cm³/mol. The zero-order valence-corrected chi connectivity index (χ0v) is 39.1. The monoisotopic (exact) mass is 918 g/mol. The Morgan fingerprint density at radius 3 is 1.02 bits per heavy atom. The summed E-state index contributed by atoms with van der Waals surface area (Å²) in [4.78, 5) is 126. The van der Waals surface area contributed by atoms with Gasteiger partial charge >= 0.3 is 11.9 Å². The number of carbonyl (C=O) groups is 10. The number of carbonyl (C=O) groups excluding carboxylic acids is 9. The predicted octanol–water partition coefficient (Wildman–Crippen LogP) is -3.00. The van der Waals surface area contributed by atoms with Gasteiger partial charge in [0.1, 0.15) is 29.8 Å². The van der Waals surface area contributed by atoms with Crippen LogP contribution in [0, 0.1) is 0 Å². The number of amides is 8. The Kier molecular flexibility index (Phi) is 24.7. The highest BCUT2D eigenvalue weighted by Gasteiger charge is 2.31. The number of esters is 1. The van der Waals surface area contributed by atoms with Gasteiger partial charge in [-0.05, 0) is 89.5 Å². The molecule has 64 heavy (non-hydrogen) atoms. The number of nitrogens with two attached hydrogens (primary N) is 1. The Morgan fingerprint density at radius 2 is 0.750 bits per heavy atom. The molecule has 0 radical (unpaired) electrons. The molecule has 0 saturated heterocycles. The van der Waals surface area contributed by atoms with Crippen molar-refractivity contribution in [3.63, 3.8) is 0 Å². The summed E-state index contributed by atoms with van der Waals surface area (Å²) in [6.07, 6.45) is -0.745. The zero-order chi connectivity index (χ0) is 49.6. The summed E-state index contributed by atoms with van der Waals surface area (Å²) >= 11 is 0. The SMILES string of the molecule is CC(C)(C)OC[C@H](NC(=O)CNC(=O)CN)C(=O)NCC(=O)N[C@@H](COC(C)(C)C)C(=O)NCC(=O)N[C@@H](COC(C)(C)C)C(=O)NCC(=O)N[C@@H](CCC(=O)O)C(=O)OC(C)(C)C. The van der Waals surface area contributed by atoms with Crippen LogP contribution in [0.2, 0.25) is 0 Å². The van der Waals surface area contributed by atoms with Gasteiger partial charge in [0.05, 0.1) is 69.3 Å². The molecular weight excluding hydrogens is 846 g/mol. The van der Waals surface area contributed by atoms with E-state index in [1.165, 1.54) is 0 Å². The molecule has 0 saturated carbocycles. The smallest absolute Gasteiger partial charge is 0.329 e. The van der Waals surface area contributed by atoms with Gasteiger partial charge in [0.25, 0.3) is 0 Å². The Balaban J connectivity index is 5.78. The maximum Gasteiger partial charge on any atom is 0.329 e. The fourth-order valence-corrected chi connectivity index (χ4v) is 4.54. The van der Waals surface area contributed by atoms with Crippen molar-refractivity contribution in [2.24, 2.45) is 5.73 Å². The summed E-state index contributed by atoms with van der Waals surface area (Å²) in [6.45, 7) is 16.1. The third-order valence-corrected chi connectivity index (χ3v) is 7.58. The van der Waals surface area contributed by atoms with E-state index in [0.717, 1.165) is 0 Å². The van der Waals surface area contributed by atoms with Crippen molar-refractivity contribution in [3.8, 4) is 0 Å². The lowest BCUT2D eigenvalue weighted by atomic mass is 10.1. The summed E-state index contributed by atoms with van der Waals surface area (Å²) in [6, 6.07) is -5.43. The van der Waals surface area contributed by atoms with Crippen LogP contribution in [0.5, 0.6) is 0 Å². The number of rotatable bonds is 26. The van der Waals surface area contributed by atoms with Gasteiger partial charge < -0.3 is 72.3 Å². The molecule has 0 aromatic rings. The van der Waals surface area contributed by atoms with Crippen LogP contribution >= 0.6 is 0 Å². The molecule has 366 valence electrons. The average molecular weight is 918 g/mol. The van der Waals surface area contributed by atoms with Crippen molar-refractivity contribution in [3.05, 3.63) is 0 Å². The lowest BCUT2D eigenvalue weighted by Gasteiger charge is -2.26. The molecule has 0 heterocycles. The van der Waals surface area contributed by atoms with Gasteiger partial charge in [-0.2, -0.15) is 0 Å². The topological polar surface area (TPSA) is 350 Å². The molecule has 0 fully saturated rings. The molecule has 0 aromatic carbocycles. The fourth-order valence-electron chi connectivity index (χ4n) is 4.54. The minimum Gasteiger partial charge on any atom is -0.481 e. The van der Waals surface area contributed by atoms with Gasteiger partial charge in [0.2, 0.25) is 47.3 Å². The van der Waals surface area contributed by atoms with Gasteiger partial charge in [-0.1, -0.05) is 0 Å². The van der Waals surface area contributed by atoms with E-state index in [1.54, 1.807) is 83.1 Å². The second-order valence-corrected chi connectivity index (χ2v) is 18.4. The third kappa shape index (κ3) is 29.8. The van der Waals surface area contributed by atoms with Crippen molar-refractivity contribution in [2.75, 3.05) is 52.5 Å². The molecular formula is C40H71N9O15. The van der Waals surface area contributed by atoms with Crippen LogP contribution in [-0.4, -0.2) is 163 Å². The molecule has 0 bridgehead atoms.